The molecule has 1 N–H and O–H groups in total. The molecule has 0 saturated heterocycles. The van der Waals surface area contributed by atoms with Crippen molar-refractivity contribution < 1.29 is 4.74 Å². The van der Waals surface area contributed by atoms with Gasteiger partial charge in [-0.15, -0.1) is 0 Å². The van der Waals surface area contributed by atoms with E-state index in [1.54, 1.807) is 0 Å². The molecule has 0 spiro atoms. The molecule has 17 heavy (non-hydrogen) atoms. The zero-order valence-corrected chi connectivity index (χ0v) is 10.4. The molecule has 2 aliphatic rings. The van der Waals surface area contributed by atoms with Crippen molar-refractivity contribution in [2.45, 2.75) is 32.5 Å². The van der Waals surface area contributed by atoms with Crippen molar-refractivity contribution in [1.29, 1.82) is 0 Å². The Morgan fingerprint density at radius 3 is 3.06 bits per heavy atom. The molecule has 0 bridgehead atoms. The van der Waals surface area contributed by atoms with E-state index in [4.69, 9.17) is 4.74 Å². The summed E-state index contributed by atoms with van der Waals surface area (Å²) in [6.45, 7) is 6.12. The van der Waals surface area contributed by atoms with Gasteiger partial charge in [0.1, 0.15) is 11.9 Å². The van der Waals surface area contributed by atoms with Crippen molar-refractivity contribution >= 4 is 5.84 Å². The van der Waals surface area contributed by atoms with E-state index in [-0.39, 0.29) is 12.2 Å². The zero-order chi connectivity index (χ0) is 11.8. The Labute approximate surface area is 102 Å². The first kappa shape index (κ1) is 10.8. The minimum absolute atomic E-state index is 0.0103. The fourth-order valence-electron chi connectivity index (χ4n) is 2.69. The first-order valence-electron chi connectivity index (χ1n) is 6.28. The van der Waals surface area contributed by atoms with E-state index >= 15 is 0 Å². The highest BCUT2D eigenvalue weighted by molar-refractivity contribution is 5.89. The summed E-state index contributed by atoms with van der Waals surface area (Å²) in [5.41, 5.74) is 4.09. The maximum atomic E-state index is 6.06. The molecule has 1 aromatic rings. The predicted octanol–water partition coefficient (Wildman–Crippen LogP) is 2.00. The third-order valence-corrected chi connectivity index (χ3v) is 3.54. The van der Waals surface area contributed by atoms with Crippen LogP contribution in [0.4, 0.5) is 0 Å². The van der Waals surface area contributed by atoms with Crippen LogP contribution in [-0.2, 0) is 11.2 Å². The molecule has 0 amide bonds. The number of nitrogens with one attached hydrogen (secondary N) is 1. The van der Waals surface area contributed by atoms with Crippen LogP contribution in [0.3, 0.4) is 0 Å². The molecule has 3 rings (SSSR count). The molecule has 3 nitrogen and oxygen atoms in total. The lowest BCUT2D eigenvalue weighted by molar-refractivity contribution is 0.0206. The van der Waals surface area contributed by atoms with Crippen LogP contribution in [0.5, 0.6) is 0 Å². The number of fused-ring (bicyclic) bond motifs is 1. The lowest BCUT2D eigenvalue weighted by Gasteiger charge is -2.31. The molecule has 0 aliphatic carbocycles. The van der Waals surface area contributed by atoms with Crippen LogP contribution in [0.15, 0.2) is 23.2 Å². The van der Waals surface area contributed by atoms with Gasteiger partial charge in [-0.2, -0.15) is 0 Å². The molecule has 2 atom stereocenters. The average Bonchev–Trinajstić information content (AvgIpc) is 2.83. The van der Waals surface area contributed by atoms with Gasteiger partial charge in [0.2, 0.25) is 0 Å². The molecule has 0 aromatic heterocycles. The highest BCUT2D eigenvalue weighted by Gasteiger charge is 2.30. The fraction of sp³-hybridized carbons (Fsp3) is 0.500. The molecule has 3 heteroatoms. The van der Waals surface area contributed by atoms with E-state index in [2.05, 4.69) is 42.4 Å². The van der Waals surface area contributed by atoms with Crippen LogP contribution >= 0.6 is 0 Å². The second kappa shape index (κ2) is 4.15. The van der Waals surface area contributed by atoms with Crippen molar-refractivity contribution in [3.05, 3.63) is 34.9 Å². The van der Waals surface area contributed by atoms with Crippen molar-refractivity contribution in [3.63, 3.8) is 0 Å². The molecule has 1 unspecified atom stereocenters. The third kappa shape index (κ3) is 1.84. The minimum atomic E-state index is 0.0103. The highest BCUT2D eigenvalue weighted by Crippen LogP contribution is 2.33. The molecule has 1 aromatic carbocycles. The van der Waals surface area contributed by atoms with Crippen LogP contribution in [0, 0.1) is 6.92 Å². The molecule has 90 valence electrons. The maximum absolute atomic E-state index is 6.06. The van der Waals surface area contributed by atoms with Gasteiger partial charge in [-0.3, -0.25) is 4.99 Å². The van der Waals surface area contributed by atoms with Crippen LogP contribution < -0.4 is 5.32 Å². The number of rotatable bonds is 1. The summed E-state index contributed by atoms with van der Waals surface area (Å²) in [4.78, 5) is 4.50. The number of hydrogen-bond acceptors (Lipinski definition) is 3. The number of nitrogens with zero attached hydrogens (tertiary/aromatic N) is 1. The summed E-state index contributed by atoms with van der Waals surface area (Å²) < 4.78 is 6.06. The molecule has 0 radical (unpaired) electrons. The van der Waals surface area contributed by atoms with Gasteiger partial charge in [-0.1, -0.05) is 18.2 Å². The number of hydrogen-bond donors (Lipinski definition) is 1. The van der Waals surface area contributed by atoms with Crippen LogP contribution in [0.2, 0.25) is 0 Å². The average molecular weight is 230 g/mol. The largest absolute Gasteiger partial charge is 0.369 e. The van der Waals surface area contributed by atoms with E-state index in [0.29, 0.717) is 0 Å². The van der Waals surface area contributed by atoms with Gasteiger partial charge in [-0.25, -0.2) is 0 Å². The number of ether oxygens (including phenoxy) is 1. The second-order valence-corrected chi connectivity index (χ2v) is 4.87. The SMILES string of the molecule is Cc1cccc2c1C[C@@H](C)OC2C1=NCCN1. The van der Waals surface area contributed by atoms with E-state index < -0.39 is 0 Å². The smallest absolute Gasteiger partial charge is 0.140 e. The molecule has 2 aliphatic heterocycles. The third-order valence-electron chi connectivity index (χ3n) is 3.54. The lowest BCUT2D eigenvalue weighted by atomic mass is 9.90. The molecule has 0 fully saturated rings. The predicted molar refractivity (Wildman–Crippen MR) is 68.5 cm³/mol. The minimum Gasteiger partial charge on any atom is -0.369 e. The van der Waals surface area contributed by atoms with E-state index in [9.17, 15) is 0 Å². The van der Waals surface area contributed by atoms with Crippen LogP contribution in [-0.4, -0.2) is 25.0 Å². The first-order valence-corrected chi connectivity index (χ1v) is 6.28. The van der Waals surface area contributed by atoms with Crippen molar-refractivity contribution in [2.75, 3.05) is 13.1 Å². The van der Waals surface area contributed by atoms with Gasteiger partial charge in [0.25, 0.3) is 0 Å². The number of aliphatic imine (C=N–C) groups is 1. The Hall–Kier alpha value is -1.35. The quantitative estimate of drug-likeness (QED) is 0.800. The van der Waals surface area contributed by atoms with Crippen LogP contribution in [0.25, 0.3) is 0 Å². The first-order chi connectivity index (χ1) is 8.25. The van der Waals surface area contributed by atoms with Gasteiger partial charge in [0.05, 0.1) is 12.6 Å². The molecular weight excluding hydrogens is 212 g/mol. The van der Waals surface area contributed by atoms with Gasteiger partial charge < -0.3 is 10.1 Å². The Kier molecular flexibility index (Phi) is 2.63. The summed E-state index contributed by atoms with van der Waals surface area (Å²) in [6.07, 6.45) is 1.28. The lowest BCUT2D eigenvalue weighted by Crippen LogP contribution is -2.34. The molecule has 0 saturated carbocycles. The Morgan fingerprint density at radius 2 is 2.29 bits per heavy atom. The van der Waals surface area contributed by atoms with E-state index in [1.807, 2.05) is 0 Å². The molecular formula is C14H18N2O. The van der Waals surface area contributed by atoms with Gasteiger partial charge in [0.15, 0.2) is 0 Å². The Morgan fingerprint density at radius 1 is 1.41 bits per heavy atom. The van der Waals surface area contributed by atoms with E-state index in [0.717, 1.165) is 25.3 Å². The summed E-state index contributed by atoms with van der Waals surface area (Å²) in [5, 5.41) is 3.33. The maximum Gasteiger partial charge on any atom is 0.140 e. The number of amidine groups is 1. The highest BCUT2D eigenvalue weighted by atomic mass is 16.5. The monoisotopic (exact) mass is 230 g/mol. The Balaban J connectivity index is 2.04. The summed E-state index contributed by atoms with van der Waals surface area (Å²) >= 11 is 0. The van der Waals surface area contributed by atoms with Crippen molar-refractivity contribution in [2.24, 2.45) is 4.99 Å². The van der Waals surface area contributed by atoms with Gasteiger partial charge >= 0.3 is 0 Å². The summed E-state index contributed by atoms with van der Waals surface area (Å²) in [6, 6.07) is 6.45. The topological polar surface area (TPSA) is 33.6 Å². The zero-order valence-electron chi connectivity index (χ0n) is 10.4. The van der Waals surface area contributed by atoms with Gasteiger partial charge in [-0.05, 0) is 37.0 Å². The summed E-state index contributed by atoms with van der Waals surface area (Å²) in [5.74, 6) is 1.00. The second-order valence-electron chi connectivity index (χ2n) is 4.87. The molecule has 2 heterocycles. The fourth-order valence-corrected chi connectivity index (χ4v) is 2.69. The van der Waals surface area contributed by atoms with Crippen LogP contribution in [0.1, 0.15) is 29.7 Å². The number of benzene rings is 1. The van der Waals surface area contributed by atoms with Crippen molar-refractivity contribution in [3.8, 4) is 0 Å². The normalized spacial score (nSPS) is 27.3. The van der Waals surface area contributed by atoms with Gasteiger partial charge in [0, 0.05) is 6.54 Å². The van der Waals surface area contributed by atoms with Crippen molar-refractivity contribution in [1.82, 2.24) is 5.32 Å². The standard InChI is InChI=1S/C14H18N2O/c1-9-4-3-5-11-12(9)8-10(2)17-13(11)14-15-6-7-16-14/h3-5,10,13H,6-8H2,1-2H3,(H,15,16)/t10-,13?/m1/s1. The number of aryl methyl sites for hydroxylation is 1. The summed E-state index contributed by atoms with van der Waals surface area (Å²) in [7, 11) is 0. The van der Waals surface area contributed by atoms with E-state index in [1.165, 1.54) is 16.7 Å². The Bertz CT molecular complexity index is 467.